The molecule has 0 saturated heterocycles. The molecule has 0 aliphatic heterocycles. The number of para-hydroxylation sites is 3. The number of fused-ring (bicyclic) bond motifs is 9. The molecular weight excluding hydrogens is 601 g/mol. The van der Waals surface area contributed by atoms with E-state index < -0.39 is 0 Å². The smallest absolute Gasteiger partial charge is 0.227 e. The molecule has 0 N–H and O–H groups in total. The number of aromatic nitrogens is 1. The van der Waals surface area contributed by atoms with E-state index in [1.54, 1.807) is 0 Å². The van der Waals surface area contributed by atoms with Gasteiger partial charge in [0.15, 0.2) is 5.58 Å². The first-order valence-electron chi connectivity index (χ1n) is 15.3. The van der Waals surface area contributed by atoms with Gasteiger partial charge in [0.2, 0.25) is 5.89 Å². The van der Waals surface area contributed by atoms with Gasteiger partial charge in [-0.05, 0) is 77.5 Å². The second-order valence-electron chi connectivity index (χ2n) is 11.6. The van der Waals surface area contributed by atoms with Gasteiger partial charge in [0, 0.05) is 63.0 Å². The van der Waals surface area contributed by atoms with Crippen LogP contribution in [0.25, 0.3) is 73.7 Å². The molecule has 3 heterocycles. The lowest BCUT2D eigenvalue weighted by molar-refractivity contribution is 0.620. The van der Waals surface area contributed by atoms with Crippen molar-refractivity contribution in [1.29, 1.82) is 0 Å². The van der Waals surface area contributed by atoms with Crippen molar-refractivity contribution in [1.82, 2.24) is 4.98 Å². The second-order valence-corrected chi connectivity index (χ2v) is 13.7. The third-order valence-electron chi connectivity index (χ3n) is 8.88. The zero-order chi connectivity index (χ0) is 30.2. The van der Waals surface area contributed by atoms with Gasteiger partial charge in [0.25, 0.3) is 0 Å². The summed E-state index contributed by atoms with van der Waals surface area (Å²) >= 11 is 3.69. The Labute approximate surface area is 272 Å². The average molecular weight is 625 g/mol. The van der Waals surface area contributed by atoms with Crippen LogP contribution in [0.3, 0.4) is 0 Å². The van der Waals surface area contributed by atoms with Crippen LogP contribution in [0, 0.1) is 0 Å². The van der Waals surface area contributed by atoms with Crippen LogP contribution >= 0.6 is 22.7 Å². The summed E-state index contributed by atoms with van der Waals surface area (Å²) in [6.45, 7) is 0. The highest BCUT2D eigenvalue weighted by Gasteiger charge is 2.19. The third-order valence-corrected chi connectivity index (χ3v) is 11.2. The van der Waals surface area contributed by atoms with Gasteiger partial charge in [0.05, 0.1) is 0 Å². The molecule has 46 heavy (non-hydrogen) atoms. The fraction of sp³-hybridized carbons (Fsp3) is 0. The maximum Gasteiger partial charge on any atom is 0.227 e. The standard InChI is InChI=1S/C41H24N2OS2/c1-2-10-26(11-3-1)43(27-19-22-36-33(23-27)30-20-17-25-9-4-5-12-29(25)40(30)46-36)28-18-21-31-38(24-28)45-37-16-8-13-32(39(31)37)41-42-34-14-6-7-15-35(34)44-41/h1-24H. The Morgan fingerprint density at radius 2 is 1.30 bits per heavy atom. The van der Waals surface area contributed by atoms with E-state index in [1.165, 1.54) is 51.1 Å². The minimum atomic E-state index is 0.658. The van der Waals surface area contributed by atoms with Crippen LogP contribution in [0.4, 0.5) is 17.1 Å². The lowest BCUT2D eigenvalue weighted by atomic mass is 10.0. The van der Waals surface area contributed by atoms with Crippen LogP contribution in [0.5, 0.6) is 0 Å². The molecule has 3 aromatic heterocycles. The zero-order valence-corrected chi connectivity index (χ0v) is 26.1. The Morgan fingerprint density at radius 3 is 2.24 bits per heavy atom. The predicted molar refractivity (Wildman–Crippen MR) is 197 cm³/mol. The van der Waals surface area contributed by atoms with Crippen LogP contribution in [-0.4, -0.2) is 4.98 Å². The Morgan fingerprint density at radius 1 is 0.500 bits per heavy atom. The molecule has 7 aromatic carbocycles. The average Bonchev–Trinajstić information content (AvgIpc) is 3.82. The van der Waals surface area contributed by atoms with Crippen LogP contribution in [-0.2, 0) is 0 Å². The van der Waals surface area contributed by atoms with Gasteiger partial charge in [-0.2, -0.15) is 0 Å². The molecular formula is C41H24N2OS2. The van der Waals surface area contributed by atoms with Crippen molar-refractivity contribution >= 4 is 102 Å². The summed E-state index contributed by atoms with van der Waals surface area (Å²) in [6.07, 6.45) is 0. The van der Waals surface area contributed by atoms with E-state index in [0.29, 0.717) is 5.89 Å². The molecule has 0 bridgehead atoms. The molecule has 0 unspecified atom stereocenters. The minimum Gasteiger partial charge on any atom is -0.436 e. The number of oxazole rings is 1. The molecule has 0 saturated carbocycles. The molecule has 0 atom stereocenters. The van der Waals surface area contributed by atoms with Crippen molar-refractivity contribution in [3.63, 3.8) is 0 Å². The van der Waals surface area contributed by atoms with Crippen LogP contribution < -0.4 is 4.90 Å². The summed E-state index contributed by atoms with van der Waals surface area (Å²) < 4.78 is 11.3. The highest BCUT2D eigenvalue weighted by atomic mass is 32.1. The molecule has 5 heteroatoms. The van der Waals surface area contributed by atoms with Gasteiger partial charge in [-0.1, -0.05) is 78.9 Å². The molecule has 0 fully saturated rings. The fourth-order valence-electron chi connectivity index (χ4n) is 6.78. The summed E-state index contributed by atoms with van der Waals surface area (Å²) in [7, 11) is 0. The monoisotopic (exact) mass is 624 g/mol. The van der Waals surface area contributed by atoms with Gasteiger partial charge >= 0.3 is 0 Å². The maximum atomic E-state index is 6.23. The maximum absolute atomic E-state index is 6.23. The lowest BCUT2D eigenvalue weighted by Gasteiger charge is -2.25. The van der Waals surface area contributed by atoms with Crippen molar-refractivity contribution in [2.75, 3.05) is 4.90 Å². The number of thiophene rings is 2. The highest BCUT2D eigenvalue weighted by molar-refractivity contribution is 7.26. The quantitative estimate of drug-likeness (QED) is 0.195. The topological polar surface area (TPSA) is 29.3 Å². The van der Waals surface area contributed by atoms with Gasteiger partial charge in [-0.15, -0.1) is 22.7 Å². The summed E-state index contributed by atoms with van der Waals surface area (Å²) in [6, 6.07) is 52.0. The van der Waals surface area contributed by atoms with E-state index in [0.717, 1.165) is 33.7 Å². The predicted octanol–water partition coefficient (Wildman–Crippen LogP) is 12.9. The Kier molecular flexibility index (Phi) is 5.61. The van der Waals surface area contributed by atoms with Crippen molar-refractivity contribution in [3.05, 3.63) is 146 Å². The van der Waals surface area contributed by atoms with Crippen LogP contribution in [0.2, 0.25) is 0 Å². The first-order chi connectivity index (χ1) is 22.8. The van der Waals surface area contributed by atoms with E-state index in [2.05, 4.69) is 126 Å². The van der Waals surface area contributed by atoms with Gasteiger partial charge in [-0.3, -0.25) is 0 Å². The molecule has 0 spiro atoms. The first-order valence-corrected chi connectivity index (χ1v) is 16.9. The first kappa shape index (κ1) is 25.8. The second kappa shape index (κ2) is 10.0. The third kappa shape index (κ3) is 3.92. The summed E-state index contributed by atoms with van der Waals surface area (Å²) in [5.74, 6) is 0.658. The number of benzene rings is 7. The van der Waals surface area contributed by atoms with E-state index >= 15 is 0 Å². The van der Waals surface area contributed by atoms with Crippen molar-refractivity contribution < 1.29 is 4.42 Å². The molecule has 3 nitrogen and oxygen atoms in total. The summed E-state index contributed by atoms with van der Waals surface area (Å²) in [5, 5.41) is 7.58. The van der Waals surface area contributed by atoms with Crippen molar-refractivity contribution in [2.45, 2.75) is 0 Å². The van der Waals surface area contributed by atoms with E-state index in [9.17, 15) is 0 Å². The number of rotatable bonds is 4. The number of anilines is 3. The largest absolute Gasteiger partial charge is 0.436 e. The zero-order valence-electron chi connectivity index (χ0n) is 24.5. The number of hydrogen-bond acceptors (Lipinski definition) is 5. The molecule has 0 amide bonds. The van der Waals surface area contributed by atoms with Crippen molar-refractivity contribution in [3.8, 4) is 11.5 Å². The molecule has 0 aliphatic rings. The SMILES string of the molecule is c1ccc(N(c2ccc3c(c2)sc2cccc(-c4nc5ccccc5o4)c23)c2ccc3sc4c5ccccc5ccc4c3c2)cc1. The molecule has 10 aromatic rings. The van der Waals surface area contributed by atoms with Gasteiger partial charge in [-0.25, -0.2) is 4.98 Å². The lowest BCUT2D eigenvalue weighted by Crippen LogP contribution is -2.09. The number of hydrogen-bond donors (Lipinski definition) is 0. The molecule has 0 radical (unpaired) electrons. The molecule has 216 valence electrons. The normalized spacial score (nSPS) is 11.9. The molecule has 0 aliphatic carbocycles. The van der Waals surface area contributed by atoms with E-state index in [4.69, 9.17) is 9.40 Å². The fourth-order valence-corrected chi connectivity index (χ4v) is 9.16. The Balaban J connectivity index is 1.15. The van der Waals surface area contributed by atoms with Crippen LogP contribution in [0.15, 0.2) is 150 Å². The number of nitrogens with zero attached hydrogens (tertiary/aromatic N) is 2. The van der Waals surface area contributed by atoms with Crippen molar-refractivity contribution in [2.24, 2.45) is 0 Å². The minimum absolute atomic E-state index is 0.658. The molecule has 10 rings (SSSR count). The van der Waals surface area contributed by atoms with Crippen LogP contribution in [0.1, 0.15) is 0 Å². The Hall–Kier alpha value is -5.49. The van der Waals surface area contributed by atoms with E-state index in [1.807, 2.05) is 46.9 Å². The summed E-state index contributed by atoms with van der Waals surface area (Å²) in [4.78, 5) is 7.20. The van der Waals surface area contributed by atoms with Gasteiger partial charge in [0.1, 0.15) is 5.52 Å². The van der Waals surface area contributed by atoms with Gasteiger partial charge < -0.3 is 9.32 Å². The highest BCUT2D eigenvalue weighted by Crippen LogP contribution is 2.45. The summed E-state index contributed by atoms with van der Waals surface area (Å²) in [5.41, 5.74) is 6.09. The van der Waals surface area contributed by atoms with E-state index in [-0.39, 0.29) is 0 Å². The Bertz CT molecular complexity index is 2740.